The predicted octanol–water partition coefficient (Wildman–Crippen LogP) is 4.21. The van der Waals surface area contributed by atoms with E-state index in [1.54, 1.807) is 13.0 Å². The molecule has 168 valence electrons. The number of carbonyl (C=O) groups excluding carboxylic acids is 1. The quantitative estimate of drug-likeness (QED) is 0.648. The van der Waals surface area contributed by atoms with Crippen LogP contribution in [-0.2, 0) is 11.3 Å². The summed E-state index contributed by atoms with van der Waals surface area (Å²) in [4.78, 5) is 19.4. The summed E-state index contributed by atoms with van der Waals surface area (Å²) in [6.07, 6.45) is 0.286. The number of pyridine rings is 1. The van der Waals surface area contributed by atoms with Crippen molar-refractivity contribution in [3.8, 4) is 11.1 Å². The highest BCUT2D eigenvalue weighted by molar-refractivity contribution is 5.92. The Balaban J connectivity index is 1.66. The van der Waals surface area contributed by atoms with E-state index in [0.717, 1.165) is 46.9 Å². The Bertz CT molecular complexity index is 1090. The summed E-state index contributed by atoms with van der Waals surface area (Å²) in [6, 6.07) is 12.2. The lowest BCUT2D eigenvalue weighted by molar-refractivity contribution is -0.00527. The van der Waals surface area contributed by atoms with Gasteiger partial charge in [0.05, 0.1) is 12.2 Å². The first-order chi connectivity index (χ1) is 15.3. The molecule has 3 aromatic rings. The lowest BCUT2D eigenvalue weighted by Gasteiger charge is -2.38. The highest BCUT2D eigenvalue weighted by Crippen LogP contribution is 2.30. The van der Waals surface area contributed by atoms with E-state index in [4.69, 9.17) is 9.26 Å². The Morgan fingerprint density at radius 3 is 2.34 bits per heavy atom. The van der Waals surface area contributed by atoms with Crippen molar-refractivity contribution >= 4 is 11.6 Å². The number of carbonyl (C=O) groups is 1. The molecule has 0 unspecified atom stereocenters. The summed E-state index contributed by atoms with van der Waals surface area (Å²) in [5.74, 6) is 0.357. The molecule has 4 rings (SSSR count). The van der Waals surface area contributed by atoms with Crippen molar-refractivity contribution in [1.82, 2.24) is 15.5 Å². The molecule has 1 amide bonds. The Labute approximate surface area is 188 Å². The molecular weight excluding hydrogens is 404 g/mol. The van der Waals surface area contributed by atoms with Crippen molar-refractivity contribution in [3.63, 3.8) is 0 Å². The zero-order chi connectivity index (χ0) is 22.8. The van der Waals surface area contributed by atoms with Crippen LogP contribution in [0.15, 0.2) is 40.9 Å². The number of aromatic nitrogens is 2. The van der Waals surface area contributed by atoms with Gasteiger partial charge in [-0.15, -0.1) is 0 Å². The number of benzene rings is 1. The molecule has 2 aromatic heterocycles. The maximum atomic E-state index is 12.6. The number of anilines is 1. The smallest absolute Gasteiger partial charge is 0.273 e. The van der Waals surface area contributed by atoms with Gasteiger partial charge in [-0.2, -0.15) is 0 Å². The van der Waals surface area contributed by atoms with Gasteiger partial charge in [-0.25, -0.2) is 0 Å². The monoisotopic (exact) mass is 434 g/mol. The number of morpholine rings is 1. The third-order valence-corrected chi connectivity index (χ3v) is 5.55. The Hall–Kier alpha value is -3.19. The standard InChI is InChI=1S/C25H30N4O3/c1-15-8-21(9-16(2)27-15)20-6-7-24(29-13-18(4)31-19(5)14-29)22(11-20)12-26-25(30)23-10-17(3)32-28-23/h6-11,18-19H,12-14H2,1-5H3,(H,26,30)/t18-,19+. The molecule has 0 bridgehead atoms. The van der Waals surface area contributed by atoms with Gasteiger partial charge in [-0.1, -0.05) is 11.2 Å². The Kier molecular flexibility index (Phi) is 6.28. The lowest BCUT2D eigenvalue weighted by atomic mass is 10.00. The summed E-state index contributed by atoms with van der Waals surface area (Å²) in [5.41, 5.74) is 6.61. The molecule has 2 atom stereocenters. The van der Waals surface area contributed by atoms with Crippen molar-refractivity contribution in [1.29, 1.82) is 0 Å². The molecule has 1 fully saturated rings. The number of aryl methyl sites for hydroxylation is 3. The molecule has 0 spiro atoms. The van der Waals surface area contributed by atoms with Crippen LogP contribution in [0, 0.1) is 20.8 Å². The number of nitrogens with zero attached hydrogens (tertiary/aromatic N) is 3. The van der Waals surface area contributed by atoms with Gasteiger partial charge in [0, 0.05) is 42.8 Å². The highest BCUT2D eigenvalue weighted by Gasteiger charge is 2.24. The van der Waals surface area contributed by atoms with E-state index in [-0.39, 0.29) is 23.8 Å². The van der Waals surface area contributed by atoms with E-state index in [9.17, 15) is 4.79 Å². The van der Waals surface area contributed by atoms with Crippen LogP contribution in [0.2, 0.25) is 0 Å². The molecule has 7 heteroatoms. The molecule has 0 aliphatic carbocycles. The zero-order valence-electron chi connectivity index (χ0n) is 19.3. The van der Waals surface area contributed by atoms with Gasteiger partial charge in [0.15, 0.2) is 5.69 Å². The van der Waals surface area contributed by atoms with Gasteiger partial charge in [0.1, 0.15) is 5.76 Å². The molecule has 3 heterocycles. The number of ether oxygens (including phenoxy) is 1. The normalized spacial score (nSPS) is 18.6. The number of amides is 1. The summed E-state index contributed by atoms with van der Waals surface area (Å²) in [5, 5.41) is 6.82. The number of hydrogen-bond acceptors (Lipinski definition) is 6. The molecule has 1 N–H and O–H groups in total. The second-order valence-corrected chi connectivity index (χ2v) is 8.65. The minimum atomic E-state index is -0.252. The third-order valence-electron chi connectivity index (χ3n) is 5.55. The maximum Gasteiger partial charge on any atom is 0.273 e. The van der Waals surface area contributed by atoms with Crippen LogP contribution in [-0.4, -0.2) is 41.3 Å². The molecule has 1 aliphatic heterocycles. The average Bonchev–Trinajstić information content (AvgIpc) is 3.17. The molecule has 0 saturated carbocycles. The van der Waals surface area contributed by atoms with Gasteiger partial charge >= 0.3 is 0 Å². The lowest BCUT2D eigenvalue weighted by Crippen LogP contribution is -2.46. The van der Waals surface area contributed by atoms with Crippen LogP contribution in [0.3, 0.4) is 0 Å². The molecule has 32 heavy (non-hydrogen) atoms. The van der Waals surface area contributed by atoms with Gasteiger partial charge < -0.3 is 19.5 Å². The minimum absolute atomic E-state index is 0.143. The van der Waals surface area contributed by atoms with E-state index in [1.165, 1.54) is 0 Å². The number of rotatable bonds is 5. The summed E-state index contributed by atoms with van der Waals surface area (Å²) < 4.78 is 11.0. The molecule has 1 aliphatic rings. The van der Waals surface area contributed by atoms with Gasteiger partial charge in [0.2, 0.25) is 0 Å². The van der Waals surface area contributed by atoms with Gasteiger partial charge in [0.25, 0.3) is 5.91 Å². The van der Waals surface area contributed by atoms with Crippen molar-refractivity contribution in [2.45, 2.75) is 53.4 Å². The molecule has 7 nitrogen and oxygen atoms in total. The number of nitrogens with one attached hydrogen (secondary N) is 1. The van der Waals surface area contributed by atoms with Crippen LogP contribution in [0.25, 0.3) is 11.1 Å². The van der Waals surface area contributed by atoms with E-state index in [2.05, 4.69) is 64.5 Å². The van der Waals surface area contributed by atoms with Gasteiger partial charge in [-0.05, 0) is 75.6 Å². The largest absolute Gasteiger partial charge is 0.372 e. The van der Waals surface area contributed by atoms with E-state index in [1.807, 2.05) is 13.8 Å². The van der Waals surface area contributed by atoms with Crippen LogP contribution in [0.5, 0.6) is 0 Å². The fourth-order valence-corrected chi connectivity index (χ4v) is 4.33. The topological polar surface area (TPSA) is 80.5 Å². The van der Waals surface area contributed by atoms with Crippen LogP contribution < -0.4 is 10.2 Å². The van der Waals surface area contributed by atoms with Crippen LogP contribution >= 0.6 is 0 Å². The van der Waals surface area contributed by atoms with Crippen molar-refractivity contribution in [3.05, 3.63) is 64.8 Å². The Morgan fingerprint density at radius 1 is 1.03 bits per heavy atom. The van der Waals surface area contributed by atoms with Crippen LogP contribution in [0.4, 0.5) is 5.69 Å². The highest BCUT2D eigenvalue weighted by atomic mass is 16.5. The fourth-order valence-electron chi connectivity index (χ4n) is 4.33. The van der Waals surface area contributed by atoms with E-state index in [0.29, 0.717) is 12.3 Å². The van der Waals surface area contributed by atoms with Crippen molar-refractivity contribution in [2.75, 3.05) is 18.0 Å². The minimum Gasteiger partial charge on any atom is -0.372 e. The maximum absolute atomic E-state index is 12.6. The second-order valence-electron chi connectivity index (χ2n) is 8.65. The van der Waals surface area contributed by atoms with Crippen molar-refractivity contribution in [2.24, 2.45) is 0 Å². The summed E-state index contributed by atoms with van der Waals surface area (Å²) in [6.45, 7) is 12.0. The first-order valence-corrected chi connectivity index (χ1v) is 11.0. The summed E-state index contributed by atoms with van der Waals surface area (Å²) >= 11 is 0. The SMILES string of the molecule is Cc1cc(-c2ccc(N3C[C@@H](C)O[C@@H](C)C3)c(CNC(=O)c3cc(C)on3)c2)cc(C)n1. The van der Waals surface area contributed by atoms with Crippen molar-refractivity contribution < 1.29 is 14.1 Å². The predicted molar refractivity (Wildman–Crippen MR) is 124 cm³/mol. The van der Waals surface area contributed by atoms with Crippen LogP contribution in [0.1, 0.15) is 47.0 Å². The van der Waals surface area contributed by atoms with E-state index >= 15 is 0 Å². The molecule has 1 saturated heterocycles. The molecule has 0 radical (unpaired) electrons. The zero-order valence-corrected chi connectivity index (χ0v) is 19.3. The first-order valence-electron chi connectivity index (χ1n) is 11.0. The van der Waals surface area contributed by atoms with E-state index < -0.39 is 0 Å². The number of hydrogen-bond donors (Lipinski definition) is 1. The first kappa shape index (κ1) is 22.0. The van der Waals surface area contributed by atoms with Gasteiger partial charge in [-0.3, -0.25) is 9.78 Å². The second kappa shape index (κ2) is 9.12. The average molecular weight is 435 g/mol. The summed E-state index contributed by atoms with van der Waals surface area (Å²) in [7, 11) is 0. The third kappa shape index (κ3) is 4.99. The fraction of sp³-hybridized carbons (Fsp3) is 0.400. The Morgan fingerprint density at radius 2 is 1.72 bits per heavy atom. The molecule has 1 aromatic carbocycles. The molecular formula is C25H30N4O3.